The molecule has 0 aromatic carbocycles. The van der Waals surface area contributed by atoms with Crippen LogP contribution in [0.2, 0.25) is 0 Å². The first kappa shape index (κ1) is 14.5. The Kier molecular flexibility index (Phi) is 3.69. The van der Waals surface area contributed by atoms with Crippen LogP contribution in [-0.4, -0.2) is 33.7 Å². The van der Waals surface area contributed by atoms with Crippen LogP contribution in [0.4, 0.5) is 10.5 Å². The first-order valence-corrected chi connectivity index (χ1v) is 8.39. The fourth-order valence-electron chi connectivity index (χ4n) is 3.91. The van der Waals surface area contributed by atoms with Crippen LogP contribution in [-0.2, 0) is 4.74 Å². The summed E-state index contributed by atoms with van der Waals surface area (Å²) < 4.78 is 7.92. The van der Waals surface area contributed by atoms with Crippen LogP contribution in [0.3, 0.4) is 0 Å². The maximum absolute atomic E-state index is 12.4. The first-order chi connectivity index (χ1) is 11.3. The average molecular weight is 314 g/mol. The summed E-state index contributed by atoms with van der Waals surface area (Å²) in [5.41, 5.74) is 1.48. The van der Waals surface area contributed by atoms with Crippen LogP contribution < -0.4 is 10.6 Å². The Morgan fingerprint density at radius 1 is 1.30 bits per heavy atom. The van der Waals surface area contributed by atoms with Gasteiger partial charge in [0, 0.05) is 25.2 Å². The van der Waals surface area contributed by atoms with Crippen molar-refractivity contribution in [3.8, 4) is 0 Å². The molecule has 122 valence electrons. The Labute approximate surface area is 135 Å². The summed E-state index contributed by atoms with van der Waals surface area (Å²) >= 11 is 0. The number of imidazole rings is 1. The number of rotatable bonds is 2. The second-order valence-corrected chi connectivity index (χ2v) is 6.52. The van der Waals surface area contributed by atoms with Crippen LogP contribution in [0, 0.1) is 0 Å². The molecule has 3 heterocycles. The molecule has 2 aromatic rings. The topological polar surface area (TPSA) is 67.7 Å². The summed E-state index contributed by atoms with van der Waals surface area (Å²) in [5.74, 6) is 0. The van der Waals surface area contributed by atoms with E-state index in [0.29, 0.717) is 0 Å². The lowest BCUT2D eigenvalue weighted by Gasteiger charge is -2.37. The van der Waals surface area contributed by atoms with E-state index in [9.17, 15) is 4.79 Å². The lowest BCUT2D eigenvalue weighted by molar-refractivity contribution is -0.0365. The molecule has 1 aliphatic carbocycles. The molecule has 2 amide bonds. The summed E-state index contributed by atoms with van der Waals surface area (Å²) in [6, 6.07) is 3.70. The summed E-state index contributed by atoms with van der Waals surface area (Å²) in [7, 11) is 0. The van der Waals surface area contributed by atoms with E-state index < -0.39 is 0 Å². The number of nitrogens with zero attached hydrogens (tertiary/aromatic N) is 2. The number of ether oxygens (including phenoxy) is 1. The van der Waals surface area contributed by atoms with Crippen molar-refractivity contribution in [2.24, 2.45) is 0 Å². The van der Waals surface area contributed by atoms with Gasteiger partial charge in [0.25, 0.3) is 0 Å². The molecule has 1 aliphatic heterocycles. The number of fused-ring (bicyclic) bond motifs is 1. The molecule has 1 atom stereocenters. The summed E-state index contributed by atoms with van der Waals surface area (Å²) in [6.45, 7) is 0.742. The second-order valence-electron chi connectivity index (χ2n) is 6.52. The molecule has 0 bridgehead atoms. The predicted octanol–water partition coefficient (Wildman–Crippen LogP) is 2.95. The Morgan fingerprint density at radius 2 is 2.17 bits per heavy atom. The van der Waals surface area contributed by atoms with E-state index in [1.54, 1.807) is 6.20 Å². The minimum Gasteiger partial charge on any atom is -0.373 e. The molecular formula is C17H22N4O2. The van der Waals surface area contributed by atoms with Gasteiger partial charge in [-0.05, 0) is 31.4 Å². The monoisotopic (exact) mass is 314 g/mol. The molecular weight excluding hydrogens is 292 g/mol. The molecule has 6 heteroatoms. The SMILES string of the molecule is O=C(Nc1ccc2nccn2c1)NC1CCOC12CCCCC2. The highest BCUT2D eigenvalue weighted by molar-refractivity contribution is 5.89. The Hall–Kier alpha value is -2.08. The maximum Gasteiger partial charge on any atom is 0.319 e. The van der Waals surface area contributed by atoms with E-state index in [1.165, 1.54) is 19.3 Å². The van der Waals surface area contributed by atoms with Crippen LogP contribution in [0.15, 0.2) is 30.7 Å². The molecule has 1 saturated carbocycles. The van der Waals surface area contributed by atoms with Crippen molar-refractivity contribution in [2.75, 3.05) is 11.9 Å². The summed E-state index contributed by atoms with van der Waals surface area (Å²) in [6.07, 6.45) is 12.1. The average Bonchev–Trinajstić information content (AvgIpc) is 3.16. The van der Waals surface area contributed by atoms with E-state index >= 15 is 0 Å². The lowest BCUT2D eigenvalue weighted by atomic mass is 9.80. The second kappa shape index (κ2) is 5.85. The number of aromatic nitrogens is 2. The van der Waals surface area contributed by atoms with Gasteiger partial charge in [0.15, 0.2) is 0 Å². The molecule has 1 spiro atoms. The third-order valence-corrected chi connectivity index (χ3v) is 5.08. The molecule has 4 rings (SSSR count). The van der Waals surface area contributed by atoms with E-state index in [2.05, 4.69) is 15.6 Å². The minimum absolute atomic E-state index is 0.111. The van der Waals surface area contributed by atoms with E-state index in [4.69, 9.17) is 4.74 Å². The van der Waals surface area contributed by atoms with Gasteiger partial charge in [0.1, 0.15) is 5.65 Å². The number of nitrogens with one attached hydrogen (secondary N) is 2. The van der Waals surface area contributed by atoms with Gasteiger partial charge in [-0.15, -0.1) is 0 Å². The van der Waals surface area contributed by atoms with Crippen molar-refractivity contribution in [1.29, 1.82) is 0 Å². The highest BCUT2D eigenvalue weighted by atomic mass is 16.5. The quantitative estimate of drug-likeness (QED) is 0.895. The van der Waals surface area contributed by atoms with Gasteiger partial charge >= 0.3 is 6.03 Å². The van der Waals surface area contributed by atoms with Gasteiger partial charge in [-0.2, -0.15) is 0 Å². The molecule has 2 aliphatic rings. The van der Waals surface area contributed by atoms with E-state index in [1.807, 2.05) is 28.9 Å². The lowest BCUT2D eigenvalue weighted by Crippen LogP contribution is -2.52. The van der Waals surface area contributed by atoms with E-state index in [-0.39, 0.29) is 17.7 Å². The maximum atomic E-state index is 12.4. The van der Waals surface area contributed by atoms with Crippen molar-refractivity contribution >= 4 is 17.4 Å². The molecule has 23 heavy (non-hydrogen) atoms. The smallest absolute Gasteiger partial charge is 0.319 e. The van der Waals surface area contributed by atoms with Crippen LogP contribution in [0.5, 0.6) is 0 Å². The number of carbonyl (C=O) groups excluding carboxylic acids is 1. The molecule has 2 N–H and O–H groups in total. The molecule has 2 fully saturated rings. The number of carbonyl (C=O) groups is 1. The summed E-state index contributed by atoms with van der Waals surface area (Å²) in [5, 5.41) is 6.05. The fourth-order valence-corrected chi connectivity index (χ4v) is 3.91. The van der Waals surface area contributed by atoms with Crippen molar-refractivity contribution in [2.45, 2.75) is 50.2 Å². The van der Waals surface area contributed by atoms with Gasteiger partial charge in [0.2, 0.25) is 0 Å². The normalized spacial score (nSPS) is 23.2. The van der Waals surface area contributed by atoms with E-state index in [0.717, 1.165) is 37.2 Å². The van der Waals surface area contributed by atoms with Crippen LogP contribution in [0.1, 0.15) is 38.5 Å². The van der Waals surface area contributed by atoms with Gasteiger partial charge in [-0.1, -0.05) is 19.3 Å². The predicted molar refractivity (Wildman–Crippen MR) is 87.5 cm³/mol. The third kappa shape index (κ3) is 2.79. The molecule has 0 radical (unpaired) electrons. The standard InChI is InChI=1S/C17H22N4O2/c22-16(19-13-4-5-15-18-9-10-21(15)12-13)20-14-6-11-23-17(14)7-2-1-3-8-17/h4-5,9-10,12,14H,1-3,6-8,11H2,(H2,19,20,22). The minimum atomic E-state index is -0.162. The highest BCUT2D eigenvalue weighted by Crippen LogP contribution is 2.39. The number of anilines is 1. The Balaban J connectivity index is 1.42. The van der Waals surface area contributed by atoms with Crippen molar-refractivity contribution in [3.63, 3.8) is 0 Å². The fraction of sp³-hybridized carbons (Fsp3) is 0.529. The zero-order valence-electron chi connectivity index (χ0n) is 13.1. The van der Waals surface area contributed by atoms with Crippen molar-refractivity contribution in [1.82, 2.24) is 14.7 Å². The van der Waals surface area contributed by atoms with Crippen LogP contribution >= 0.6 is 0 Å². The van der Waals surface area contributed by atoms with Crippen molar-refractivity contribution in [3.05, 3.63) is 30.7 Å². The van der Waals surface area contributed by atoms with Crippen LogP contribution in [0.25, 0.3) is 5.65 Å². The molecule has 1 saturated heterocycles. The third-order valence-electron chi connectivity index (χ3n) is 5.08. The Morgan fingerprint density at radius 3 is 3.04 bits per heavy atom. The number of amides is 2. The summed E-state index contributed by atoms with van der Waals surface area (Å²) in [4.78, 5) is 16.6. The number of hydrogen-bond donors (Lipinski definition) is 2. The Bertz CT molecular complexity index is 705. The van der Waals surface area contributed by atoms with Gasteiger partial charge in [0.05, 0.1) is 17.3 Å². The zero-order chi connectivity index (χ0) is 15.7. The first-order valence-electron chi connectivity index (χ1n) is 8.39. The van der Waals surface area contributed by atoms with Gasteiger partial charge < -0.3 is 19.8 Å². The van der Waals surface area contributed by atoms with Gasteiger partial charge in [-0.3, -0.25) is 0 Å². The number of pyridine rings is 1. The van der Waals surface area contributed by atoms with Gasteiger partial charge in [-0.25, -0.2) is 9.78 Å². The highest BCUT2D eigenvalue weighted by Gasteiger charge is 2.45. The molecule has 2 aromatic heterocycles. The number of urea groups is 1. The number of hydrogen-bond acceptors (Lipinski definition) is 3. The molecule has 1 unspecified atom stereocenters. The van der Waals surface area contributed by atoms with Crippen molar-refractivity contribution < 1.29 is 9.53 Å². The zero-order valence-corrected chi connectivity index (χ0v) is 13.1. The largest absolute Gasteiger partial charge is 0.373 e. The molecule has 6 nitrogen and oxygen atoms in total.